The van der Waals surface area contributed by atoms with Gasteiger partial charge in [0.1, 0.15) is 0 Å². The minimum absolute atomic E-state index is 0.115. The molecule has 2 rings (SSSR count). The Hall–Kier alpha value is -1.08. The van der Waals surface area contributed by atoms with Crippen molar-refractivity contribution in [1.82, 2.24) is 0 Å². The van der Waals surface area contributed by atoms with Crippen LogP contribution in [0.15, 0.2) is 46.9 Å². The lowest BCUT2D eigenvalue weighted by molar-refractivity contribution is 0.600. The summed E-state index contributed by atoms with van der Waals surface area (Å²) in [4.78, 5) is 0. The van der Waals surface area contributed by atoms with Gasteiger partial charge < -0.3 is 5.73 Å². The van der Waals surface area contributed by atoms with E-state index in [1.165, 1.54) is 0 Å². The summed E-state index contributed by atoms with van der Waals surface area (Å²) in [7, 11) is -3.51. The van der Waals surface area contributed by atoms with Crippen LogP contribution >= 0.6 is 27.5 Å². The van der Waals surface area contributed by atoms with Crippen LogP contribution in [0, 0.1) is 0 Å². The molecule has 2 aromatic rings. The van der Waals surface area contributed by atoms with Gasteiger partial charge >= 0.3 is 0 Å². The Morgan fingerprint density at radius 2 is 1.86 bits per heavy atom. The molecule has 0 spiro atoms. The molecule has 21 heavy (non-hydrogen) atoms. The van der Waals surface area contributed by atoms with E-state index in [2.05, 4.69) is 20.7 Å². The predicted octanol–water partition coefficient (Wildman–Crippen LogP) is 3.50. The number of halogens is 2. The summed E-state index contributed by atoms with van der Waals surface area (Å²) in [6, 6.07) is 12.1. The molecule has 0 aliphatic heterocycles. The van der Waals surface area contributed by atoms with Gasteiger partial charge in [-0.1, -0.05) is 35.9 Å². The van der Waals surface area contributed by atoms with Gasteiger partial charge in [-0.2, -0.15) is 0 Å². The first-order valence-electron chi connectivity index (χ1n) is 6.13. The Kier molecular flexibility index (Phi) is 5.27. The third-order valence-corrected chi connectivity index (χ3v) is 4.92. The van der Waals surface area contributed by atoms with Crippen molar-refractivity contribution in [2.45, 2.75) is 12.3 Å². The molecular weight excluding hydrogens is 376 g/mol. The molecular formula is C14H14BrClN2O2S. The van der Waals surface area contributed by atoms with E-state index in [0.29, 0.717) is 27.3 Å². The number of nitrogens with one attached hydrogen (secondary N) is 1. The number of nitrogens with two attached hydrogens (primary N) is 1. The molecule has 2 aromatic carbocycles. The quantitative estimate of drug-likeness (QED) is 0.822. The molecule has 0 heterocycles. The van der Waals surface area contributed by atoms with Gasteiger partial charge in [0.25, 0.3) is 0 Å². The van der Waals surface area contributed by atoms with E-state index in [0.717, 1.165) is 5.56 Å². The number of hydrogen-bond acceptors (Lipinski definition) is 3. The standard InChI is InChI=1S/C14H14BrClN2O2S/c15-13-7-12(16)4-5-14(13)18-21(19,20)9-11-3-1-2-10(6-11)8-17/h1-7,18H,8-9,17H2. The minimum Gasteiger partial charge on any atom is -0.326 e. The zero-order valence-electron chi connectivity index (χ0n) is 11.0. The fourth-order valence-corrected chi connectivity index (χ4v) is 3.96. The Morgan fingerprint density at radius 1 is 1.14 bits per heavy atom. The highest BCUT2D eigenvalue weighted by atomic mass is 79.9. The topological polar surface area (TPSA) is 72.2 Å². The molecule has 0 fully saturated rings. The average molecular weight is 390 g/mol. The van der Waals surface area contributed by atoms with Gasteiger partial charge in [0.15, 0.2) is 0 Å². The number of hydrogen-bond donors (Lipinski definition) is 2. The first-order valence-corrected chi connectivity index (χ1v) is 8.95. The van der Waals surface area contributed by atoms with Gasteiger partial charge in [-0.3, -0.25) is 4.72 Å². The molecule has 0 aliphatic carbocycles. The minimum atomic E-state index is -3.51. The summed E-state index contributed by atoms with van der Waals surface area (Å²) in [5.74, 6) is -0.115. The third-order valence-electron chi connectivity index (χ3n) is 2.78. The van der Waals surface area contributed by atoms with Crippen molar-refractivity contribution in [2.24, 2.45) is 5.73 Å². The van der Waals surface area contributed by atoms with Crippen LogP contribution in [0.3, 0.4) is 0 Å². The fourth-order valence-electron chi connectivity index (χ4n) is 1.84. The molecule has 0 atom stereocenters. The second-order valence-corrected chi connectivity index (χ2v) is 7.52. The van der Waals surface area contributed by atoms with E-state index in [1.807, 2.05) is 6.07 Å². The lowest BCUT2D eigenvalue weighted by atomic mass is 10.1. The molecule has 4 nitrogen and oxygen atoms in total. The SMILES string of the molecule is NCc1cccc(CS(=O)(=O)Nc2ccc(Cl)cc2Br)c1. The summed E-state index contributed by atoms with van der Waals surface area (Å²) in [5, 5.41) is 0.528. The summed E-state index contributed by atoms with van der Waals surface area (Å²) >= 11 is 9.11. The Labute approximate surface area is 137 Å². The smallest absolute Gasteiger partial charge is 0.236 e. The lowest BCUT2D eigenvalue weighted by Gasteiger charge is -2.10. The molecule has 0 saturated heterocycles. The van der Waals surface area contributed by atoms with Crippen LogP contribution in [0.2, 0.25) is 5.02 Å². The maximum Gasteiger partial charge on any atom is 0.236 e. The largest absolute Gasteiger partial charge is 0.326 e. The number of rotatable bonds is 5. The molecule has 0 saturated carbocycles. The second kappa shape index (κ2) is 6.79. The highest BCUT2D eigenvalue weighted by Crippen LogP contribution is 2.27. The summed E-state index contributed by atoms with van der Waals surface area (Å²) in [6.07, 6.45) is 0. The van der Waals surface area contributed by atoms with Crippen molar-refractivity contribution < 1.29 is 8.42 Å². The van der Waals surface area contributed by atoms with Gasteiger partial charge in [0.05, 0.1) is 11.4 Å². The van der Waals surface area contributed by atoms with Gasteiger partial charge in [-0.25, -0.2) is 8.42 Å². The third kappa shape index (κ3) is 4.71. The molecule has 0 unspecified atom stereocenters. The highest BCUT2D eigenvalue weighted by Gasteiger charge is 2.14. The molecule has 0 aliphatic rings. The Morgan fingerprint density at radius 3 is 2.52 bits per heavy atom. The van der Waals surface area contributed by atoms with Gasteiger partial charge in [0, 0.05) is 16.0 Å². The summed E-state index contributed by atoms with van der Waals surface area (Å²) in [6.45, 7) is 0.379. The van der Waals surface area contributed by atoms with Crippen LogP contribution in [-0.2, 0) is 22.3 Å². The van der Waals surface area contributed by atoms with Crippen LogP contribution in [-0.4, -0.2) is 8.42 Å². The molecule has 0 bridgehead atoms. The first-order chi connectivity index (χ1) is 9.89. The van der Waals surface area contributed by atoms with E-state index in [1.54, 1.807) is 36.4 Å². The van der Waals surface area contributed by atoms with E-state index in [-0.39, 0.29) is 5.75 Å². The first kappa shape index (κ1) is 16.3. The van der Waals surface area contributed by atoms with Crippen LogP contribution in [0.5, 0.6) is 0 Å². The zero-order valence-corrected chi connectivity index (χ0v) is 14.2. The van der Waals surface area contributed by atoms with Crippen molar-refractivity contribution in [3.05, 3.63) is 63.1 Å². The van der Waals surface area contributed by atoms with E-state index < -0.39 is 10.0 Å². The van der Waals surface area contributed by atoms with Gasteiger partial charge in [-0.15, -0.1) is 0 Å². The highest BCUT2D eigenvalue weighted by molar-refractivity contribution is 9.10. The maximum absolute atomic E-state index is 12.2. The zero-order chi connectivity index (χ0) is 15.5. The lowest BCUT2D eigenvalue weighted by Crippen LogP contribution is -2.15. The van der Waals surface area contributed by atoms with Crippen LogP contribution in [0.25, 0.3) is 0 Å². The Bertz CT molecular complexity index is 750. The van der Waals surface area contributed by atoms with E-state index >= 15 is 0 Å². The van der Waals surface area contributed by atoms with Gasteiger partial charge in [0.2, 0.25) is 10.0 Å². The molecule has 0 amide bonds. The van der Waals surface area contributed by atoms with E-state index in [9.17, 15) is 8.42 Å². The average Bonchev–Trinajstić information content (AvgIpc) is 2.41. The maximum atomic E-state index is 12.2. The normalized spacial score (nSPS) is 11.4. The Balaban J connectivity index is 2.18. The van der Waals surface area contributed by atoms with Crippen LogP contribution in [0.4, 0.5) is 5.69 Å². The van der Waals surface area contributed by atoms with Gasteiger partial charge in [-0.05, 0) is 45.3 Å². The van der Waals surface area contributed by atoms with Crippen molar-refractivity contribution >= 4 is 43.2 Å². The van der Waals surface area contributed by atoms with E-state index in [4.69, 9.17) is 17.3 Å². The van der Waals surface area contributed by atoms with Crippen LogP contribution in [0.1, 0.15) is 11.1 Å². The van der Waals surface area contributed by atoms with Crippen molar-refractivity contribution in [2.75, 3.05) is 4.72 Å². The molecule has 112 valence electrons. The molecule has 3 N–H and O–H groups in total. The fraction of sp³-hybridized carbons (Fsp3) is 0.143. The summed E-state index contributed by atoms with van der Waals surface area (Å²) < 4.78 is 27.5. The number of anilines is 1. The van der Waals surface area contributed by atoms with Crippen molar-refractivity contribution in [1.29, 1.82) is 0 Å². The predicted molar refractivity (Wildman–Crippen MR) is 89.7 cm³/mol. The molecule has 0 radical (unpaired) electrons. The molecule has 0 aromatic heterocycles. The van der Waals surface area contributed by atoms with Crippen LogP contribution < -0.4 is 10.5 Å². The second-order valence-electron chi connectivity index (χ2n) is 4.51. The van der Waals surface area contributed by atoms with Crippen molar-refractivity contribution in [3.8, 4) is 0 Å². The summed E-state index contributed by atoms with van der Waals surface area (Å²) in [5.41, 5.74) is 7.60. The van der Waals surface area contributed by atoms with Crippen molar-refractivity contribution in [3.63, 3.8) is 0 Å². The number of benzene rings is 2. The molecule has 7 heteroatoms. The monoisotopic (exact) mass is 388 g/mol. The number of sulfonamides is 1.